The summed E-state index contributed by atoms with van der Waals surface area (Å²) in [5.74, 6) is -1.24. The molecule has 0 bridgehead atoms. The molecule has 0 unspecified atom stereocenters. The molecule has 1 rings (SSSR count). The normalized spacial score (nSPS) is 10.4. The zero-order chi connectivity index (χ0) is 10.4. The molecule has 0 aliphatic heterocycles. The molecule has 0 saturated carbocycles. The van der Waals surface area contributed by atoms with E-state index in [2.05, 4.69) is 5.32 Å². The van der Waals surface area contributed by atoms with Crippen LogP contribution in [0.15, 0.2) is 42.1 Å². The van der Waals surface area contributed by atoms with Crippen molar-refractivity contribution in [2.45, 2.75) is 0 Å². The lowest BCUT2D eigenvalue weighted by Crippen LogP contribution is -2.01. The highest BCUT2D eigenvalue weighted by Crippen LogP contribution is 2.05. The molecule has 1 aromatic carbocycles. The third-order valence-corrected chi connectivity index (χ3v) is 1.51. The van der Waals surface area contributed by atoms with Crippen LogP contribution in [0.1, 0.15) is 0 Å². The van der Waals surface area contributed by atoms with Crippen LogP contribution in [0.4, 0.5) is 5.69 Å². The van der Waals surface area contributed by atoms with Gasteiger partial charge in [0.05, 0.1) is 0 Å². The topological polar surface area (TPSA) is 73.1 Å². The van der Waals surface area contributed by atoms with Gasteiger partial charge in [0.1, 0.15) is 6.07 Å². The molecular weight excluding hydrogens is 180 g/mol. The number of aliphatic carboxylic acids is 1. The van der Waals surface area contributed by atoms with Crippen LogP contribution in [-0.4, -0.2) is 11.1 Å². The van der Waals surface area contributed by atoms with Crippen LogP contribution in [-0.2, 0) is 4.79 Å². The van der Waals surface area contributed by atoms with E-state index in [1.54, 1.807) is 18.2 Å². The molecule has 0 aromatic heterocycles. The molecule has 0 heterocycles. The van der Waals surface area contributed by atoms with E-state index in [0.29, 0.717) is 0 Å². The third-order valence-electron chi connectivity index (χ3n) is 1.51. The number of rotatable bonds is 3. The van der Waals surface area contributed by atoms with Crippen LogP contribution in [0, 0.1) is 11.3 Å². The Kier molecular flexibility index (Phi) is 3.27. The first kappa shape index (κ1) is 9.81. The van der Waals surface area contributed by atoms with Gasteiger partial charge in [-0.3, -0.25) is 0 Å². The third kappa shape index (κ3) is 2.64. The fourth-order valence-corrected chi connectivity index (χ4v) is 0.832. The van der Waals surface area contributed by atoms with Crippen molar-refractivity contribution in [3.63, 3.8) is 0 Å². The Morgan fingerprint density at radius 3 is 2.57 bits per heavy atom. The Hall–Kier alpha value is -2.28. The Labute approximate surface area is 81.1 Å². The van der Waals surface area contributed by atoms with Gasteiger partial charge in [-0.05, 0) is 12.1 Å². The minimum atomic E-state index is -1.24. The lowest BCUT2D eigenvalue weighted by molar-refractivity contribution is -0.132. The van der Waals surface area contributed by atoms with Crippen LogP contribution in [0.25, 0.3) is 0 Å². The first-order valence-electron chi connectivity index (χ1n) is 3.89. The van der Waals surface area contributed by atoms with Gasteiger partial charge in [-0.15, -0.1) is 0 Å². The molecule has 0 aliphatic carbocycles. The average molecular weight is 188 g/mol. The second-order valence-electron chi connectivity index (χ2n) is 2.49. The minimum absolute atomic E-state index is 0.325. The SMILES string of the molecule is N#CC(=CNc1ccccc1)C(=O)O. The van der Waals surface area contributed by atoms with E-state index in [9.17, 15) is 4.79 Å². The summed E-state index contributed by atoms with van der Waals surface area (Å²) in [5, 5.41) is 19.7. The van der Waals surface area contributed by atoms with E-state index in [1.807, 2.05) is 18.2 Å². The van der Waals surface area contributed by atoms with Gasteiger partial charge >= 0.3 is 5.97 Å². The van der Waals surface area contributed by atoms with Gasteiger partial charge in [0.25, 0.3) is 0 Å². The van der Waals surface area contributed by atoms with Crippen molar-refractivity contribution >= 4 is 11.7 Å². The standard InChI is InChI=1S/C10H8N2O2/c11-6-8(10(13)14)7-12-9-4-2-1-3-5-9/h1-5,7,12H,(H,13,14). The average Bonchev–Trinajstić information content (AvgIpc) is 2.20. The lowest BCUT2D eigenvalue weighted by Gasteiger charge is -1.98. The predicted octanol–water partition coefficient (Wildman–Crippen LogP) is 1.59. The molecule has 70 valence electrons. The maximum Gasteiger partial charge on any atom is 0.347 e. The van der Waals surface area contributed by atoms with Crippen molar-refractivity contribution < 1.29 is 9.90 Å². The number of carboxylic acid groups (broad SMARTS) is 1. The Bertz CT molecular complexity index is 390. The second kappa shape index (κ2) is 4.67. The first-order chi connectivity index (χ1) is 6.74. The number of carbonyl (C=O) groups is 1. The van der Waals surface area contributed by atoms with Crippen molar-refractivity contribution in [1.29, 1.82) is 5.26 Å². The Morgan fingerprint density at radius 1 is 1.43 bits per heavy atom. The highest BCUT2D eigenvalue weighted by atomic mass is 16.4. The highest BCUT2D eigenvalue weighted by Gasteiger charge is 2.03. The number of hydrogen-bond donors (Lipinski definition) is 2. The molecule has 0 aliphatic rings. The van der Waals surface area contributed by atoms with Gasteiger partial charge in [-0.25, -0.2) is 4.79 Å². The maximum atomic E-state index is 10.4. The number of nitrogens with one attached hydrogen (secondary N) is 1. The molecule has 4 nitrogen and oxygen atoms in total. The molecule has 0 saturated heterocycles. The summed E-state index contributed by atoms with van der Waals surface area (Å²) in [6.07, 6.45) is 1.16. The van der Waals surface area contributed by atoms with Gasteiger partial charge < -0.3 is 10.4 Å². The van der Waals surface area contributed by atoms with Crippen LogP contribution >= 0.6 is 0 Å². The van der Waals surface area contributed by atoms with E-state index in [4.69, 9.17) is 10.4 Å². The monoisotopic (exact) mass is 188 g/mol. The van der Waals surface area contributed by atoms with Crippen LogP contribution in [0.5, 0.6) is 0 Å². The van der Waals surface area contributed by atoms with Gasteiger partial charge in [0, 0.05) is 11.9 Å². The van der Waals surface area contributed by atoms with Crippen molar-refractivity contribution in [2.24, 2.45) is 0 Å². The number of nitriles is 1. The van der Waals surface area contributed by atoms with Crippen LogP contribution in [0.3, 0.4) is 0 Å². The quantitative estimate of drug-likeness (QED) is 0.558. The molecule has 2 N–H and O–H groups in total. The summed E-state index contributed by atoms with van der Waals surface area (Å²) in [4.78, 5) is 10.4. The van der Waals surface area contributed by atoms with E-state index in [0.717, 1.165) is 11.9 Å². The van der Waals surface area contributed by atoms with Crippen molar-refractivity contribution in [3.8, 4) is 6.07 Å². The second-order valence-corrected chi connectivity index (χ2v) is 2.49. The highest BCUT2D eigenvalue weighted by molar-refractivity contribution is 5.91. The van der Waals surface area contributed by atoms with Crippen molar-refractivity contribution in [3.05, 3.63) is 42.1 Å². The van der Waals surface area contributed by atoms with E-state index >= 15 is 0 Å². The Balaban J connectivity index is 2.73. The summed E-state index contributed by atoms with van der Waals surface area (Å²) >= 11 is 0. The van der Waals surface area contributed by atoms with Crippen molar-refractivity contribution in [2.75, 3.05) is 5.32 Å². The fraction of sp³-hybridized carbons (Fsp3) is 0. The van der Waals surface area contributed by atoms with E-state index in [1.165, 1.54) is 0 Å². The van der Waals surface area contributed by atoms with Crippen molar-refractivity contribution in [1.82, 2.24) is 0 Å². The number of anilines is 1. The molecule has 14 heavy (non-hydrogen) atoms. The summed E-state index contributed by atoms with van der Waals surface area (Å²) in [6.45, 7) is 0. The molecule has 0 amide bonds. The lowest BCUT2D eigenvalue weighted by atomic mass is 10.3. The van der Waals surface area contributed by atoms with E-state index in [-0.39, 0.29) is 5.57 Å². The number of para-hydroxylation sites is 1. The fourth-order valence-electron chi connectivity index (χ4n) is 0.832. The summed E-state index contributed by atoms with van der Waals surface area (Å²) < 4.78 is 0. The number of carboxylic acids is 1. The maximum absolute atomic E-state index is 10.4. The molecule has 0 atom stereocenters. The number of nitrogens with zero attached hydrogens (tertiary/aromatic N) is 1. The molecule has 0 spiro atoms. The predicted molar refractivity (Wildman–Crippen MR) is 51.4 cm³/mol. The number of benzene rings is 1. The smallest absolute Gasteiger partial charge is 0.347 e. The summed E-state index contributed by atoms with van der Waals surface area (Å²) in [6, 6.07) is 10.6. The zero-order valence-corrected chi connectivity index (χ0v) is 7.27. The molecular formula is C10H8N2O2. The van der Waals surface area contributed by atoms with Gasteiger partial charge in [0.2, 0.25) is 0 Å². The van der Waals surface area contributed by atoms with Crippen LogP contribution < -0.4 is 5.32 Å². The van der Waals surface area contributed by atoms with Crippen LogP contribution in [0.2, 0.25) is 0 Å². The van der Waals surface area contributed by atoms with Gasteiger partial charge in [-0.2, -0.15) is 5.26 Å². The number of hydrogen-bond acceptors (Lipinski definition) is 3. The molecule has 0 radical (unpaired) electrons. The summed E-state index contributed by atoms with van der Waals surface area (Å²) in [7, 11) is 0. The van der Waals surface area contributed by atoms with Gasteiger partial charge in [0.15, 0.2) is 5.57 Å². The minimum Gasteiger partial charge on any atom is -0.477 e. The summed E-state index contributed by atoms with van der Waals surface area (Å²) in [5.41, 5.74) is 0.412. The molecule has 1 aromatic rings. The first-order valence-corrected chi connectivity index (χ1v) is 3.89. The zero-order valence-electron chi connectivity index (χ0n) is 7.27. The Morgan fingerprint density at radius 2 is 2.07 bits per heavy atom. The van der Waals surface area contributed by atoms with E-state index < -0.39 is 5.97 Å². The largest absolute Gasteiger partial charge is 0.477 e. The molecule has 0 fully saturated rings. The van der Waals surface area contributed by atoms with Gasteiger partial charge in [-0.1, -0.05) is 18.2 Å². The molecule has 4 heteroatoms.